The van der Waals surface area contributed by atoms with Crippen LogP contribution >= 0.6 is 0 Å². The monoisotopic (exact) mass is 508 g/mol. The van der Waals surface area contributed by atoms with Gasteiger partial charge in [0.05, 0.1) is 28.3 Å². The molecule has 2 atom stereocenters. The van der Waals surface area contributed by atoms with Crippen LogP contribution in [0.1, 0.15) is 61.7 Å². The average molecular weight is 509 g/mol. The van der Waals surface area contributed by atoms with E-state index < -0.39 is 12.1 Å². The molecule has 1 aliphatic rings. The van der Waals surface area contributed by atoms with Crippen LogP contribution in [0.15, 0.2) is 30.3 Å². The van der Waals surface area contributed by atoms with Gasteiger partial charge in [-0.3, -0.25) is 14.4 Å². The van der Waals surface area contributed by atoms with E-state index in [1.165, 1.54) is 0 Å². The Kier molecular flexibility index (Phi) is 7.77. The molecular formula is C24H31F3N6O3. The van der Waals surface area contributed by atoms with Crippen molar-refractivity contribution in [3.8, 4) is 0 Å². The molecule has 0 spiro atoms. The minimum Gasteiger partial charge on any atom is -0.475 e. The number of nitrogens with zero attached hydrogens (tertiary/aromatic N) is 4. The number of hydrogen-bond donors (Lipinski definition) is 3. The van der Waals surface area contributed by atoms with Crippen molar-refractivity contribution in [1.29, 1.82) is 0 Å². The van der Waals surface area contributed by atoms with Gasteiger partial charge in [0, 0.05) is 12.6 Å². The van der Waals surface area contributed by atoms with Crippen molar-refractivity contribution in [2.75, 3.05) is 13.6 Å². The number of nitrogens with one attached hydrogen (secondary N) is 2. The normalized spacial score (nSPS) is 19.0. The number of carboxylic acids is 1. The molecule has 1 fully saturated rings. The van der Waals surface area contributed by atoms with Crippen molar-refractivity contribution >= 4 is 22.9 Å². The van der Waals surface area contributed by atoms with E-state index in [2.05, 4.69) is 48.1 Å². The summed E-state index contributed by atoms with van der Waals surface area (Å²) in [4.78, 5) is 32.5. The highest BCUT2D eigenvalue weighted by molar-refractivity contribution is 5.93. The second-order valence-electron chi connectivity index (χ2n) is 9.89. The molecule has 0 aliphatic carbocycles. The number of aryl methyl sites for hydroxylation is 1. The topological polar surface area (TPSA) is 116 Å². The molecule has 3 aromatic rings. The highest BCUT2D eigenvalue weighted by Gasteiger charge is 2.38. The zero-order chi connectivity index (χ0) is 26.8. The summed E-state index contributed by atoms with van der Waals surface area (Å²) in [5.41, 5.74) is 3.26. The number of carboxylic acid groups (broad SMARTS) is 1. The molecule has 12 heteroatoms. The van der Waals surface area contributed by atoms with Crippen LogP contribution < -0.4 is 5.32 Å². The number of benzene rings is 1. The molecule has 1 saturated heterocycles. The van der Waals surface area contributed by atoms with Gasteiger partial charge in [0.2, 0.25) is 0 Å². The molecule has 2 aromatic heterocycles. The molecule has 0 saturated carbocycles. The largest absolute Gasteiger partial charge is 0.490 e. The third kappa shape index (κ3) is 6.42. The second-order valence-corrected chi connectivity index (χ2v) is 9.89. The number of alkyl halides is 3. The number of piperidine rings is 1. The Morgan fingerprint density at radius 1 is 1.19 bits per heavy atom. The minimum atomic E-state index is -5.08. The Balaban J connectivity index is 0.000000454. The quantitative estimate of drug-likeness (QED) is 0.492. The van der Waals surface area contributed by atoms with Crippen molar-refractivity contribution in [3.05, 3.63) is 47.5 Å². The number of likely N-dealkylation sites (tertiary alicyclic amines) is 1. The van der Waals surface area contributed by atoms with Crippen LogP contribution in [0.2, 0.25) is 0 Å². The third-order valence-corrected chi connectivity index (χ3v) is 5.87. The SMILES string of the molecule is Cc1cc(C(=O)N[C@@H]2CCN(C)[C@@H](c3nc4ccccc4[nH]3)C2)n(C(C)(C)C)n1.O=C(O)C(F)(F)F. The van der Waals surface area contributed by atoms with Crippen LogP contribution in [0, 0.1) is 6.92 Å². The van der Waals surface area contributed by atoms with Gasteiger partial charge < -0.3 is 15.4 Å². The van der Waals surface area contributed by atoms with E-state index in [1.807, 2.05) is 41.9 Å². The summed E-state index contributed by atoms with van der Waals surface area (Å²) < 4.78 is 33.6. The molecule has 196 valence electrons. The fourth-order valence-corrected chi connectivity index (χ4v) is 4.10. The Labute approximate surface area is 206 Å². The number of halogens is 3. The number of rotatable bonds is 3. The Bertz CT molecular complexity index is 1190. The van der Waals surface area contributed by atoms with Gasteiger partial charge in [-0.1, -0.05) is 12.1 Å². The molecule has 36 heavy (non-hydrogen) atoms. The maximum absolute atomic E-state index is 13.1. The zero-order valence-electron chi connectivity index (χ0n) is 20.8. The van der Waals surface area contributed by atoms with E-state index in [-0.39, 0.29) is 23.5 Å². The maximum atomic E-state index is 13.1. The summed E-state index contributed by atoms with van der Waals surface area (Å²) in [6.45, 7) is 9.01. The van der Waals surface area contributed by atoms with Crippen LogP contribution in [0.3, 0.4) is 0 Å². The van der Waals surface area contributed by atoms with Gasteiger partial charge in [0.25, 0.3) is 5.91 Å². The van der Waals surface area contributed by atoms with Crippen LogP contribution in [-0.2, 0) is 10.3 Å². The zero-order valence-corrected chi connectivity index (χ0v) is 20.8. The smallest absolute Gasteiger partial charge is 0.475 e. The highest BCUT2D eigenvalue weighted by Crippen LogP contribution is 2.30. The van der Waals surface area contributed by atoms with Gasteiger partial charge in [-0.05, 0) is 65.8 Å². The van der Waals surface area contributed by atoms with Gasteiger partial charge in [-0.2, -0.15) is 18.3 Å². The van der Waals surface area contributed by atoms with Crippen molar-refractivity contribution in [3.63, 3.8) is 0 Å². The number of H-pyrrole nitrogens is 1. The van der Waals surface area contributed by atoms with Gasteiger partial charge in [-0.15, -0.1) is 0 Å². The minimum absolute atomic E-state index is 0.0570. The van der Waals surface area contributed by atoms with Crippen molar-refractivity contribution in [2.24, 2.45) is 0 Å². The molecule has 3 heterocycles. The Hall–Kier alpha value is -3.41. The first-order valence-corrected chi connectivity index (χ1v) is 11.5. The van der Waals surface area contributed by atoms with Crippen molar-refractivity contribution < 1.29 is 27.9 Å². The second kappa shape index (κ2) is 10.3. The fraction of sp³-hybridized carbons (Fsp3) is 0.500. The van der Waals surface area contributed by atoms with Gasteiger partial charge in [0.15, 0.2) is 0 Å². The van der Waals surface area contributed by atoms with Gasteiger partial charge in [-0.25, -0.2) is 9.78 Å². The Morgan fingerprint density at radius 2 is 1.83 bits per heavy atom. The molecule has 3 N–H and O–H groups in total. The fourth-order valence-electron chi connectivity index (χ4n) is 4.10. The van der Waals surface area contributed by atoms with E-state index >= 15 is 0 Å². The molecule has 0 unspecified atom stereocenters. The molecule has 0 bridgehead atoms. The summed E-state index contributed by atoms with van der Waals surface area (Å²) in [6, 6.07) is 10.2. The van der Waals surface area contributed by atoms with Crippen LogP contribution in [0.4, 0.5) is 13.2 Å². The van der Waals surface area contributed by atoms with E-state index in [9.17, 15) is 18.0 Å². The van der Waals surface area contributed by atoms with Crippen LogP contribution in [-0.4, -0.2) is 67.4 Å². The van der Waals surface area contributed by atoms with Gasteiger partial charge >= 0.3 is 12.1 Å². The first kappa shape index (κ1) is 27.2. The summed E-state index contributed by atoms with van der Waals surface area (Å²) in [6.07, 6.45) is -3.34. The van der Waals surface area contributed by atoms with E-state index in [0.29, 0.717) is 5.69 Å². The number of imidazole rings is 1. The number of carbonyl (C=O) groups excluding carboxylic acids is 1. The van der Waals surface area contributed by atoms with E-state index in [0.717, 1.165) is 41.9 Å². The molecule has 1 amide bonds. The Morgan fingerprint density at radius 3 is 2.42 bits per heavy atom. The number of aliphatic carboxylic acids is 1. The summed E-state index contributed by atoms with van der Waals surface area (Å²) in [7, 11) is 2.12. The standard InChI is InChI=1S/C22H30N6O.C2HF3O2/c1-14-12-19(28(26-14)22(2,3)4)21(29)23-15-10-11-27(5)18(13-15)20-24-16-8-6-7-9-17(16)25-20;3-2(4,5)1(6)7/h6-9,12,15,18H,10-11,13H2,1-5H3,(H,23,29)(H,24,25);(H,6,7)/t15-,18-;/m1./s1. The predicted molar refractivity (Wildman–Crippen MR) is 128 cm³/mol. The lowest BCUT2D eigenvalue weighted by Gasteiger charge is -2.36. The number of hydrogen-bond acceptors (Lipinski definition) is 5. The third-order valence-electron chi connectivity index (χ3n) is 5.87. The van der Waals surface area contributed by atoms with Crippen LogP contribution in [0.25, 0.3) is 11.0 Å². The van der Waals surface area contributed by atoms with Gasteiger partial charge in [0.1, 0.15) is 11.5 Å². The van der Waals surface area contributed by atoms with Crippen molar-refractivity contribution in [2.45, 2.75) is 64.3 Å². The first-order valence-electron chi connectivity index (χ1n) is 11.5. The summed E-state index contributed by atoms with van der Waals surface area (Å²) >= 11 is 0. The summed E-state index contributed by atoms with van der Waals surface area (Å²) in [5, 5.41) is 14.9. The number of amides is 1. The number of aromatic nitrogens is 4. The lowest BCUT2D eigenvalue weighted by atomic mass is 9.97. The maximum Gasteiger partial charge on any atom is 0.490 e. The van der Waals surface area contributed by atoms with Crippen LogP contribution in [0.5, 0.6) is 0 Å². The molecule has 1 aliphatic heterocycles. The number of fused-ring (bicyclic) bond motifs is 1. The highest BCUT2D eigenvalue weighted by atomic mass is 19.4. The molecule has 4 rings (SSSR count). The molecular weight excluding hydrogens is 477 g/mol. The van der Waals surface area contributed by atoms with E-state index in [1.54, 1.807) is 0 Å². The van der Waals surface area contributed by atoms with E-state index in [4.69, 9.17) is 14.9 Å². The number of para-hydroxylation sites is 2. The lowest BCUT2D eigenvalue weighted by Crippen LogP contribution is -2.46. The molecule has 0 radical (unpaired) electrons. The first-order chi connectivity index (χ1) is 16.7. The molecule has 9 nitrogen and oxygen atoms in total. The molecule has 1 aromatic carbocycles. The average Bonchev–Trinajstić information content (AvgIpc) is 3.38. The summed E-state index contributed by atoms with van der Waals surface area (Å²) in [5.74, 6) is -1.85. The number of carbonyl (C=O) groups is 2. The number of aromatic amines is 1. The predicted octanol–water partition coefficient (Wildman–Crippen LogP) is 4.02. The lowest BCUT2D eigenvalue weighted by molar-refractivity contribution is -0.192. The van der Waals surface area contributed by atoms with Crippen molar-refractivity contribution in [1.82, 2.24) is 30.0 Å².